The Morgan fingerprint density at radius 3 is 2.39 bits per heavy atom. The number of benzene rings is 2. The van der Waals surface area contributed by atoms with Crippen molar-refractivity contribution in [2.75, 3.05) is 18.3 Å². The summed E-state index contributed by atoms with van der Waals surface area (Å²) in [5.41, 5.74) is 3.44. The molecule has 0 radical (unpaired) electrons. The standard InChI is InChI=1S/C22H20ClNO3S/c1-13-5-8-16(12-19(13)23)24-14(2)20(22(26)27-3)18(21(24)25)11-15-6-9-17(28-4)10-7-15/h5-12H,1-4H3/b18-11-. The fourth-order valence-corrected chi connectivity index (χ4v) is 3.66. The number of carbonyl (C=O) groups excluding carboxylic acids is 2. The number of hydrogen-bond donors (Lipinski definition) is 0. The van der Waals surface area contributed by atoms with Crippen molar-refractivity contribution < 1.29 is 14.3 Å². The SMILES string of the molecule is COC(=O)C1=C(C)N(c2ccc(C)c(Cl)c2)C(=O)/C1=C\c1ccc(SC)cc1. The maximum absolute atomic E-state index is 13.2. The Balaban J connectivity index is 2.11. The number of anilines is 1. The van der Waals surface area contributed by atoms with Crippen LogP contribution in [-0.4, -0.2) is 25.2 Å². The van der Waals surface area contributed by atoms with Crippen LogP contribution in [0.15, 0.2) is 64.2 Å². The van der Waals surface area contributed by atoms with Crippen LogP contribution in [-0.2, 0) is 14.3 Å². The lowest BCUT2D eigenvalue weighted by Gasteiger charge is -2.18. The Bertz CT molecular complexity index is 1010. The number of ether oxygens (including phenoxy) is 1. The van der Waals surface area contributed by atoms with Gasteiger partial charge in [-0.05, 0) is 61.6 Å². The molecule has 4 nitrogen and oxygen atoms in total. The van der Waals surface area contributed by atoms with Crippen LogP contribution in [0.2, 0.25) is 5.02 Å². The molecule has 1 heterocycles. The number of hydrogen-bond acceptors (Lipinski definition) is 4. The zero-order valence-corrected chi connectivity index (χ0v) is 17.6. The number of esters is 1. The van der Waals surface area contributed by atoms with Gasteiger partial charge in [0, 0.05) is 15.6 Å². The number of allylic oxidation sites excluding steroid dienone is 1. The van der Waals surface area contributed by atoms with E-state index in [-0.39, 0.29) is 11.5 Å². The maximum atomic E-state index is 13.2. The minimum Gasteiger partial charge on any atom is -0.465 e. The van der Waals surface area contributed by atoms with Crippen LogP contribution in [0.5, 0.6) is 0 Å². The van der Waals surface area contributed by atoms with E-state index in [9.17, 15) is 9.59 Å². The first kappa shape index (κ1) is 20.2. The lowest BCUT2D eigenvalue weighted by Crippen LogP contribution is -2.24. The monoisotopic (exact) mass is 413 g/mol. The zero-order valence-electron chi connectivity index (χ0n) is 16.1. The second-order valence-electron chi connectivity index (χ2n) is 6.36. The predicted octanol–water partition coefficient (Wildman–Crippen LogP) is 5.25. The molecule has 28 heavy (non-hydrogen) atoms. The smallest absolute Gasteiger partial charge is 0.340 e. The van der Waals surface area contributed by atoms with Crippen molar-refractivity contribution in [1.82, 2.24) is 0 Å². The molecule has 2 aromatic carbocycles. The van der Waals surface area contributed by atoms with Crippen LogP contribution < -0.4 is 4.90 Å². The Kier molecular flexibility index (Phi) is 5.96. The Hall–Kier alpha value is -2.50. The molecule has 0 saturated carbocycles. The molecule has 144 valence electrons. The quantitative estimate of drug-likeness (QED) is 0.390. The summed E-state index contributed by atoms with van der Waals surface area (Å²) in [6.07, 6.45) is 3.72. The van der Waals surface area contributed by atoms with E-state index in [1.165, 1.54) is 12.0 Å². The molecule has 0 aliphatic carbocycles. The van der Waals surface area contributed by atoms with Crippen LogP contribution in [0.25, 0.3) is 6.08 Å². The van der Waals surface area contributed by atoms with Crippen LogP contribution >= 0.6 is 23.4 Å². The highest BCUT2D eigenvalue weighted by molar-refractivity contribution is 7.98. The molecule has 0 saturated heterocycles. The average molecular weight is 414 g/mol. The first-order valence-electron chi connectivity index (χ1n) is 8.63. The third-order valence-electron chi connectivity index (χ3n) is 4.63. The van der Waals surface area contributed by atoms with Crippen LogP contribution in [0.1, 0.15) is 18.1 Å². The van der Waals surface area contributed by atoms with E-state index >= 15 is 0 Å². The van der Waals surface area contributed by atoms with Gasteiger partial charge in [-0.1, -0.05) is 29.8 Å². The molecule has 3 rings (SSSR count). The van der Waals surface area contributed by atoms with E-state index in [4.69, 9.17) is 16.3 Å². The van der Waals surface area contributed by atoms with E-state index in [1.54, 1.807) is 30.8 Å². The molecule has 1 aliphatic rings. The minimum absolute atomic E-state index is 0.262. The molecule has 0 N–H and O–H groups in total. The minimum atomic E-state index is -0.543. The highest BCUT2D eigenvalue weighted by Crippen LogP contribution is 2.36. The maximum Gasteiger partial charge on any atom is 0.340 e. The van der Waals surface area contributed by atoms with Gasteiger partial charge in [-0.2, -0.15) is 0 Å². The van der Waals surface area contributed by atoms with Crippen molar-refractivity contribution >= 4 is 47.0 Å². The summed E-state index contributed by atoms with van der Waals surface area (Å²) >= 11 is 7.88. The average Bonchev–Trinajstić information content (AvgIpc) is 2.94. The summed E-state index contributed by atoms with van der Waals surface area (Å²) in [7, 11) is 1.31. The van der Waals surface area contributed by atoms with Crippen molar-refractivity contribution in [2.45, 2.75) is 18.7 Å². The Labute approximate surface area is 173 Å². The summed E-state index contributed by atoms with van der Waals surface area (Å²) in [6.45, 7) is 3.62. The van der Waals surface area contributed by atoms with Crippen LogP contribution in [0.4, 0.5) is 5.69 Å². The number of carbonyl (C=O) groups is 2. The Morgan fingerprint density at radius 2 is 1.82 bits per heavy atom. The molecular weight excluding hydrogens is 394 g/mol. The van der Waals surface area contributed by atoms with Crippen LogP contribution in [0.3, 0.4) is 0 Å². The number of halogens is 1. The first-order valence-corrected chi connectivity index (χ1v) is 10.2. The number of methoxy groups -OCH3 is 1. The molecule has 0 unspecified atom stereocenters. The normalized spacial score (nSPS) is 15.5. The first-order chi connectivity index (χ1) is 13.4. The second-order valence-corrected chi connectivity index (χ2v) is 7.64. The highest BCUT2D eigenvalue weighted by Gasteiger charge is 2.38. The number of amides is 1. The summed E-state index contributed by atoms with van der Waals surface area (Å²) in [4.78, 5) is 28.3. The summed E-state index contributed by atoms with van der Waals surface area (Å²) in [6, 6.07) is 13.2. The van der Waals surface area contributed by atoms with Crippen LogP contribution in [0, 0.1) is 6.92 Å². The van der Waals surface area contributed by atoms with Crippen molar-refractivity contribution in [1.29, 1.82) is 0 Å². The van der Waals surface area contributed by atoms with E-state index < -0.39 is 5.97 Å². The lowest BCUT2D eigenvalue weighted by molar-refractivity contribution is -0.136. The topological polar surface area (TPSA) is 46.6 Å². The van der Waals surface area contributed by atoms with E-state index in [1.807, 2.05) is 49.6 Å². The van der Waals surface area contributed by atoms with Gasteiger partial charge in [0.2, 0.25) is 0 Å². The zero-order chi connectivity index (χ0) is 20.4. The molecular formula is C22H20ClNO3S. The van der Waals surface area contributed by atoms with Gasteiger partial charge in [0.05, 0.1) is 23.9 Å². The Morgan fingerprint density at radius 1 is 1.14 bits per heavy atom. The molecule has 0 spiro atoms. The second kappa shape index (κ2) is 8.25. The molecule has 1 amide bonds. The van der Waals surface area contributed by atoms with E-state index in [0.717, 1.165) is 16.0 Å². The molecule has 1 aliphatic heterocycles. The molecule has 0 aromatic heterocycles. The molecule has 6 heteroatoms. The third-order valence-corrected chi connectivity index (χ3v) is 5.78. The van der Waals surface area contributed by atoms with Gasteiger partial charge < -0.3 is 4.74 Å². The molecule has 0 fully saturated rings. The molecule has 0 bridgehead atoms. The number of thioether (sulfide) groups is 1. The van der Waals surface area contributed by atoms with Gasteiger partial charge in [0.15, 0.2) is 0 Å². The van der Waals surface area contributed by atoms with Gasteiger partial charge in [-0.25, -0.2) is 4.79 Å². The van der Waals surface area contributed by atoms with Crippen molar-refractivity contribution in [3.63, 3.8) is 0 Å². The van der Waals surface area contributed by atoms with Crippen molar-refractivity contribution in [3.05, 3.63) is 75.5 Å². The fourth-order valence-electron chi connectivity index (χ4n) is 3.08. The number of aryl methyl sites for hydroxylation is 1. The van der Waals surface area contributed by atoms with Gasteiger partial charge in [-0.15, -0.1) is 11.8 Å². The fraction of sp³-hybridized carbons (Fsp3) is 0.182. The van der Waals surface area contributed by atoms with Gasteiger partial charge in [0.25, 0.3) is 5.91 Å². The third kappa shape index (κ3) is 3.73. The van der Waals surface area contributed by atoms with E-state index in [0.29, 0.717) is 22.0 Å². The van der Waals surface area contributed by atoms with Gasteiger partial charge >= 0.3 is 5.97 Å². The highest BCUT2D eigenvalue weighted by atomic mass is 35.5. The largest absolute Gasteiger partial charge is 0.465 e. The molecule has 2 aromatic rings. The van der Waals surface area contributed by atoms with E-state index in [2.05, 4.69) is 0 Å². The van der Waals surface area contributed by atoms with Crippen molar-refractivity contribution in [3.8, 4) is 0 Å². The van der Waals surface area contributed by atoms with Gasteiger partial charge in [-0.3, -0.25) is 9.69 Å². The summed E-state index contributed by atoms with van der Waals surface area (Å²) < 4.78 is 4.94. The summed E-state index contributed by atoms with van der Waals surface area (Å²) in [5.74, 6) is -0.828. The van der Waals surface area contributed by atoms with Crippen molar-refractivity contribution in [2.24, 2.45) is 0 Å². The predicted molar refractivity (Wildman–Crippen MR) is 115 cm³/mol. The van der Waals surface area contributed by atoms with Gasteiger partial charge in [0.1, 0.15) is 0 Å². The molecule has 0 atom stereocenters. The number of rotatable bonds is 4. The lowest BCUT2D eigenvalue weighted by atomic mass is 10.0. The number of nitrogens with zero attached hydrogens (tertiary/aromatic N) is 1. The summed E-state index contributed by atoms with van der Waals surface area (Å²) in [5, 5.41) is 0.558.